The fraction of sp³-hybridized carbons (Fsp3) is 0.533. The van der Waals surface area contributed by atoms with Crippen LogP contribution in [0.2, 0.25) is 5.02 Å². The molecular formula is C15H22Cl2N2OS. The second-order valence-corrected chi connectivity index (χ2v) is 6.38. The number of thioether (sulfide) groups is 1. The number of hydrogen-bond acceptors (Lipinski definition) is 3. The molecule has 1 amide bonds. The SMILES string of the molecule is CSc1ccc(Cl)c(C(=O)N(C)C2CCCNCC2)c1.Cl. The number of nitrogens with one attached hydrogen (secondary N) is 1. The Morgan fingerprint density at radius 2 is 2.14 bits per heavy atom. The maximum absolute atomic E-state index is 12.7. The first kappa shape index (κ1) is 18.6. The minimum Gasteiger partial charge on any atom is -0.339 e. The van der Waals surface area contributed by atoms with Gasteiger partial charge >= 0.3 is 0 Å². The summed E-state index contributed by atoms with van der Waals surface area (Å²) in [5.74, 6) is 0.0257. The number of rotatable bonds is 3. The van der Waals surface area contributed by atoms with Gasteiger partial charge in [-0.3, -0.25) is 4.79 Å². The van der Waals surface area contributed by atoms with Gasteiger partial charge < -0.3 is 10.2 Å². The minimum absolute atomic E-state index is 0. The molecule has 0 saturated carbocycles. The van der Waals surface area contributed by atoms with Gasteiger partial charge in [0.2, 0.25) is 0 Å². The largest absolute Gasteiger partial charge is 0.339 e. The third kappa shape index (κ3) is 4.78. The van der Waals surface area contributed by atoms with E-state index in [0.29, 0.717) is 16.6 Å². The van der Waals surface area contributed by atoms with Crippen molar-refractivity contribution in [2.24, 2.45) is 0 Å². The number of halogens is 2. The lowest BCUT2D eigenvalue weighted by molar-refractivity contribution is 0.0720. The van der Waals surface area contributed by atoms with Gasteiger partial charge in [-0.05, 0) is 56.8 Å². The number of amides is 1. The summed E-state index contributed by atoms with van der Waals surface area (Å²) in [6.07, 6.45) is 5.16. The lowest BCUT2D eigenvalue weighted by atomic mass is 10.1. The highest BCUT2D eigenvalue weighted by molar-refractivity contribution is 7.98. The molecule has 1 aromatic carbocycles. The van der Waals surface area contributed by atoms with Crippen molar-refractivity contribution < 1.29 is 4.79 Å². The molecule has 6 heteroatoms. The quantitative estimate of drug-likeness (QED) is 0.845. The molecule has 0 radical (unpaired) electrons. The molecule has 0 aliphatic carbocycles. The van der Waals surface area contributed by atoms with E-state index in [4.69, 9.17) is 11.6 Å². The zero-order valence-corrected chi connectivity index (χ0v) is 14.8. The van der Waals surface area contributed by atoms with Crippen LogP contribution in [0, 0.1) is 0 Å². The number of nitrogens with zero attached hydrogens (tertiary/aromatic N) is 1. The fourth-order valence-corrected chi connectivity index (χ4v) is 3.18. The topological polar surface area (TPSA) is 32.3 Å². The Kier molecular flexibility index (Phi) is 7.88. The first-order chi connectivity index (χ1) is 9.63. The van der Waals surface area contributed by atoms with Crippen molar-refractivity contribution in [1.82, 2.24) is 10.2 Å². The van der Waals surface area contributed by atoms with Crippen molar-refractivity contribution in [2.45, 2.75) is 30.2 Å². The van der Waals surface area contributed by atoms with Crippen LogP contribution in [0.25, 0.3) is 0 Å². The summed E-state index contributed by atoms with van der Waals surface area (Å²) in [6.45, 7) is 2.02. The molecule has 118 valence electrons. The normalized spacial score (nSPS) is 18.5. The molecular weight excluding hydrogens is 327 g/mol. The highest BCUT2D eigenvalue weighted by Crippen LogP contribution is 2.25. The molecule has 1 unspecified atom stereocenters. The molecule has 1 aliphatic rings. The lowest BCUT2D eigenvalue weighted by Crippen LogP contribution is -2.37. The monoisotopic (exact) mass is 348 g/mol. The molecule has 2 rings (SSSR count). The number of carbonyl (C=O) groups is 1. The second-order valence-electron chi connectivity index (χ2n) is 5.10. The smallest absolute Gasteiger partial charge is 0.255 e. The Morgan fingerprint density at radius 3 is 2.86 bits per heavy atom. The van der Waals surface area contributed by atoms with E-state index in [0.717, 1.165) is 37.2 Å². The summed E-state index contributed by atoms with van der Waals surface area (Å²) in [4.78, 5) is 15.6. The zero-order valence-electron chi connectivity index (χ0n) is 12.4. The van der Waals surface area contributed by atoms with Gasteiger partial charge in [0, 0.05) is 18.0 Å². The highest BCUT2D eigenvalue weighted by Gasteiger charge is 2.23. The predicted molar refractivity (Wildman–Crippen MR) is 93.1 cm³/mol. The van der Waals surface area contributed by atoms with Gasteiger partial charge in [0.05, 0.1) is 10.6 Å². The molecule has 1 fully saturated rings. The molecule has 0 bridgehead atoms. The molecule has 1 heterocycles. The maximum atomic E-state index is 12.7. The standard InChI is InChI=1S/C15H21ClN2OS.ClH/c1-18(11-4-3-8-17-9-7-11)15(19)13-10-12(20-2)5-6-14(13)16;/h5-6,10-11,17H,3-4,7-9H2,1-2H3;1H. The Morgan fingerprint density at radius 1 is 1.38 bits per heavy atom. The lowest BCUT2D eigenvalue weighted by Gasteiger charge is -2.27. The molecule has 1 atom stereocenters. The van der Waals surface area contributed by atoms with Crippen LogP contribution in [0.3, 0.4) is 0 Å². The first-order valence-corrected chi connectivity index (χ1v) is 8.55. The van der Waals surface area contributed by atoms with Crippen LogP contribution in [0.5, 0.6) is 0 Å². The average Bonchev–Trinajstić information content (AvgIpc) is 2.75. The summed E-state index contributed by atoms with van der Waals surface area (Å²) in [5.41, 5.74) is 0.609. The van der Waals surface area contributed by atoms with Crippen molar-refractivity contribution in [3.8, 4) is 0 Å². The van der Waals surface area contributed by atoms with Crippen molar-refractivity contribution >= 4 is 41.7 Å². The Bertz CT molecular complexity index is 477. The Labute approximate surface area is 142 Å². The number of benzene rings is 1. The molecule has 3 nitrogen and oxygen atoms in total. The van der Waals surface area contributed by atoms with Gasteiger partial charge in [0.15, 0.2) is 0 Å². The van der Waals surface area contributed by atoms with Gasteiger partial charge in [0.1, 0.15) is 0 Å². The summed E-state index contributed by atoms with van der Waals surface area (Å²) in [6, 6.07) is 5.94. The van der Waals surface area contributed by atoms with Crippen LogP contribution in [-0.4, -0.2) is 43.2 Å². The van der Waals surface area contributed by atoms with Crippen LogP contribution in [0.15, 0.2) is 23.1 Å². The van der Waals surface area contributed by atoms with Gasteiger partial charge in [-0.1, -0.05) is 11.6 Å². The minimum atomic E-state index is 0. The van der Waals surface area contributed by atoms with Gasteiger partial charge in [-0.15, -0.1) is 24.2 Å². The molecule has 1 N–H and O–H groups in total. The van der Waals surface area contributed by atoms with Crippen LogP contribution in [0.4, 0.5) is 0 Å². The number of hydrogen-bond donors (Lipinski definition) is 1. The van der Waals surface area contributed by atoms with Crippen molar-refractivity contribution in [2.75, 3.05) is 26.4 Å². The summed E-state index contributed by atoms with van der Waals surface area (Å²) in [7, 11) is 1.89. The summed E-state index contributed by atoms with van der Waals surface area (Å²) < 4.78 is 0. The highest BCUT2D eigenvalue weighted by atomic mass is 35.5. The zero-order chi connectivity index (χ0) is 14.5. The average molecular weight is 349 g/mol. The molecule has 1 aliphatic heterocycles. The van der Waals surface area contributed by atoms with Crippen LogP contribution in [0.1, 0.15) is 29.6 Å². The Hall–Kier alpha value is -0.420. The summed E-state index contributed by atoms with van der Waals surface area (Å²) >= 11 is 7.81. The molecule has 0 aromatic heterocycles. The van der Waals surface area contributed by atoms with E-state index in [9.17, 15) is 4.79 Å². The third-order valence-electron chi connectivity index (χ3n) is 3.82. The van der Waals surface area contributed by atoms with Crippen molar-refractivity contribution in [3.05, 3.63) is 28.8 Å². The van der Waals surface area contributed by atoms with Crippen molar-refractivity contribution in [1.29, 1.82) is 0 Å². The Balaban J connectivity index is 0.00000220. The number of carbonyl (C=O) groups excluding carboxylic acids is 1. The molecule has 21 heavy (non-hydrogen) atoms. The van der Waals surface area contributed by atoms with E-state index in [1.807, 2.05) is 36.4 Å². The van der Waals surface area contributed by atoms with Crippen LogP contribution >= 0.6 is 35.8 Å². The van der Waals surface area contributed by atoms with E-state index in [1.165, 1.54) is 0 Å². The van der Waals surface area contributed by atoms with Gasteiger partial charge in [-0.25, -0.2) is 0 Å². The summed E-state index contributed by atoms with van der Waals surface area (Å²) in [5, 5.41) is 3.91. The fourth-order valence-electron chi connectivity index (χ4n) is 2.54. The first-order valence-electron chi connectivity index (χ1n) is 6.95. The predicted octanol–water partition coefficient (Wildman–Crippen LogP) is 3.70. The second kappa shape index (κ2) is 8.89. The molecule has 0 spiro atoms. The van der Waals surface area contributed by atoms with E-state index in [1.54, 1.807) is 11.8 Å². The van der Waals surface area contributed by atoms with Gasteiger partial charge in [-0.2, -0.15) is 0 Å². The van der Waals surface area contributed by atoms with Crippen molar-refractivity contribution in [3.63, 3.8) is 0 Å². The third-order valence-corrected chi connectivity index (χ3v) is 4.87. The van der Waals surface area contributed by atoms with E-state index in [2.05, 4.69) is 5.32 Å². The molecule has 1 saturated heterocycles. The van der Waals surface area contributed by atoms with Gasteiger partial charge in [0.25, 0.3) is 5.91 Å². The van der Waals surface area contributed by atoms with Crippen LogP contribution in [-0.2, 0) is 0 Å². The maximum Gasteiger partial charge on any atom is 0.255 e. The van der Waals surface area contributed by atoms with Crippen LogP contribution < -0.4 is 5.32 Å². The van der Waals surface area contributed by atoms with E-state index < -0.39 is 0 Å². The molecule has 1 aromatic rings. The van der Waals surface area contributed by atoms with E-state index >= 15 is 0 Å². The van der Waals surface area contributed by atoms with E-state index in [-0.39, 0.29) is 18.3 Å².